The van der Waals surface area contributed by atoms with E-state index in [1.165, 1.54) is 0 Å². The first-order valence-electron chi connectivity index (χ1n) is 8.11. The van der Waals surface area contributed by atoms with E-state index in [0.29, 0.717) is 6.54 Å². The van der Waals surface area contributed by atoms with Crippen molar-refractivity contribution in [2.45, 2.75) is 83.5 Å². The van der Waals surface area contributed by atoms with E-state index in [2.05, 4.69) is 58.9 Å². The Bertz CT molecular complexity index is 363. The molecule has 0 aromatic rings. The molecule has 5 nitrogen and oxygen atoms in total. The molecule has 0 saturated carbocycles. The first-order valence-corrected chi connectivity index (χ1v) is 18.3. The Kier molecular flexibility index (Phi) is 6.65. The van der Waals surface area contributed by atoms with Crippen molar-refractivity contribution in [2.24, 2.45) is 5.73 Å². The fourth-order valence-electron chi connectivity index (χ4n) is 2.41. The van der Waals surface area contributed by atoms with E-state index in [9.17, 15) is 0 Å². The van der Waals surface area contributed by atoms with Gasteiger partial charge in [-0.1, -0.05) is 0 Å². The van der Waals surface area contributed by atoms with Gasteiger partial charge < -0.3 is 23.7 Å². The zero-order valence-electron chi connectivity index (χ0n) is 15.7. The quantitative estimate of drug-likeness (QED) is 0.703. The lowest BCUT2D eigenvalue weighted by Gasteiger charge is -2.35. The van der Waals surface area contributed by atoms with Crippen LogP contribution in [0.2, 0.25) is 58.9 Å². The normalized spacial score (nSPS) is 30.8. The Morgan fingerprint density at radius 3 is 1.50 bits per heavy atom. The van der Waals surface area contributed by atoms with Crippen LogP contribution in [0.4, 0.5) is 0 Å². The van der Waals surface area contributed by atoms with Crippen LogP contribution < -0.4 is 5.73 Å². The molecule has 132 valence electrons. The summed E-state index contributed by atoms with van der Waals surface area (Å²) < 4.78 is 25.1. The summed E-state index contributed by atoms with van der Waals surface area (Å²) in [6.07, 6.45) is -0.842. The molecule has 1 saturated heterocycles. The van der Waals surface area contributed by atoms with Crippen LogP contribution in [-0.2, 0) is 18.0 Å². The molecule has 0 unspecified atom stereocenters. The number of nitrogens with two attached hydrogens (primary N) is 1. The van der Waals surface area contributed by atoms with Gasteiger partial charge in [-0.15, -0.1) is 0 Å². The molecule has 0 bridgehead atoms. The first kappa shape index (κ1) is 20.5. The van der Waals surface area contributed by atoms with Crippen LogP contribution in [0, 0.1) is 0 Å². The second kappa shape index (κ2) is 7.14. The molecule has 22 heavy (non-hydrogen) atoms. The molecule has 8 heteroatoms. The Balaban J connectivity index is 3.02. The van der Waals surface area contributed by atoms with Gasteiger partial charge in [-0.3, -0.25) is 0 Å². The van der Waals surface area contributed by atoms with Gasteiger partial charge in [0.05, 0.1) is 0 Å². The third kappa shape index (κ3) is 6.91. The van der Waals surface area contributed by atoms with E-state index in [1.807, 2.05) is 0 Å². The van der Waals surface area contributed by atoms with Crippen molar-refractivity contribution in [1.29, 1.82) is 0 Å². The molecule has 0 aromatic carbocycles. The molecule has 0 aliphatic carbocycles. The van der Waals surface area contributed by atoms with E-state index in [4.69, 9.17) is 23.7 Å². The second-order valence-electron chi connectivity index (χ2n) is 8.90. The summed E-state index contributed by atoms with van der Waals surface area (Å²) in [5, 5.41) is 0. The fourth-order valence-corrected chi connectivity index (χ4v) is 5.46. The highest BCUT2D eigenvalue weighted by atomic mass is 28.4. The SMILES string of the molecule is C[Si](C)(C)O[C@H]1O[C@H](CN)[C@@H](O[Si](C)(C)C)[C@@H]1O[Si](C)(C)C. The summed E-state index contributed by atoms with van der Waals surface area (Å²) in [6, 6.07) is 0. The Hall–Kier alpha value is 0.451. The molecular formula is C14H35NO4Si3. The number of rotatable bonds is 7. The first-order chi connectivity index (χ1) is 9.72. The van der Waals surface area contributed by atoms with E-state index in [1.54, 1.807) is 0 Å². The molecule has 1 fully saturated rings. The van der Waals surface area contributed by atoms with Crippen molar-refractivity contribution >= 4 is 25.0 Å². The fraction of sp³-hybridized carbons (Fsp3) is 1.00. The van der Waals surface area contributed by atoms with Gasteiger partial charge in [0.2, 0.25) is 0 Å². The smallest absolute Gasteiger partial charge is 0.187 e. The second-order valence-corrected chi connectivity index (χ2v) is 22.3. The summed E-state index contributed by atoms with van der Waals surface area (Å²) in [7, 11) is -5.22. The molecule has 1 aliphatic heterocycles. The predicted octanol–water partition coefficient (Wildman–Crippen LogP) is 2.96. The summed E-state index contributed by atoms with van der Waals surface area (Å²) in [4.78, 5) is 0. The van der Waals surface area contributed by atoms with Gasteiger partial charge in [-0.25, -0.2) is 0 Å². The third-order valence-corrected chi connectivity index (χ3v) is 5.85. The van der Waals surface area contributed by atoms with Crippen LogP contribution in [0.3, 0.4) is 0 Å². The molecule has 0 aromatic heterocycles. The lowest BCUT2D eigenvalue weighted by Crippen LogP contribution is -2.50. The van der Waals surface area contributed by atoms with Crippen molar-refractivity contribution in [2.75, 3.05) is 6.54 Å². The molecule has 0 amide bonds. The maximum absolute atomic E-state index is 6.40. The minimum Gasteiger partial charge on any atom is -0.409 e. The Morgan fingerprint density at radius 2 is 1.14 bits per heavy atom. The van der Waals surface area contributed by atoms with Gasteiger partial charge in [0.25, 0.3) is 0 Å². The lowest BCUT2D eigenvalue weighted by molar-refractivity contribution is -0.108. The summed E-state index contributed by atoms with van der Waals surface area (Å²) in [5.74, 6) is 0. The minimum absolute atomic E-state index is 0.134. The van der Waals surface area contributed by atoms with Crippen molar-refractivity contribution in [3.8, 4) is 0 Å². The standard InChI is InChI=1S/C14H35NO4Si3/c1-20(2,3)17-12-11(10-15)16-14(19-22(7,8)9)13(12)18-21(4,5)6/h11-14H,10,15H2,1-9H3/t11-,12-,13+,14-/m1/s1. The predicted molar refractivity (Wildman–Crippen MR) is 98.6 cm³/mol. The number of hydrogen-bond donors (Lipinski definition) is 1. The largest absolute Gasteiger partial charge is 0.409 e. The van der Waals surface area contributed by atoms with Gasteiger partial charge in [0, 0.05) is 6.54 Å². The maximum atomic E-state index is 6.40. The molecular weight excluding hydrogens is 330 g/mol. The highest BCUT2D eigenvalue weighted by Gasteiger charge is 2.50. The molecule has 0 radical (unpaired) electrons. The molecule has 2 N–H and O–H groups in total. The zero-order valence-corrected chi connectivity index (χ0v) is 18.7. The monoisotopic (exact) mass is 365 g/mol. The number of ether oxygens (including phenoxy) is 1. The third-order valence-electron chi connectivity index (χ3n) is 2.95. The number of hydrogen-bond acceptors (Lipinski definition) is 5. The Labute approximate surface area is 139 Å². The van der Waals surface area contributed by atoms with Crippen LogP contribution >= 0.6 is 0 Å². The molecule has 1 heterocycles. The van der Waals surface area contributed by atoms with Crippen LogP contribution in [0.25, 0.3) is 0 Å². The van der Waals surface area contributed by atoms with Crippen molar-refractivity contribution in [3.63, 3.8) is 0 Å². The van der Waals surface area contributed by atoms with Crippen molar-refractivity contribution < 1.29 is 18.0 Å². The zero-order chi connectivity index (χ0) is 17.3. The van der Waals surface area contributed by atoms with Gasteiger partial charge in [0.15, 0.2) is 31.2 Å². The van der Waals surface area contributed by atoms with Gasteiger partial charge in [-0.05, 0) is 58.9 Å². The molecule has 1 rings (SSSR count). The molecule has 1 aliphatic rings. The van der Waals surface area contributed by atoms with E-state index >= 15 is 0 Å². The highest BCUT2D eigenvalue weighted by molar-refractivity contribution is 6.70. The van der Waals surface area contributed by atoms with Gasteiger partial charge >= 0.3 is 0 Å². The highest BCUT2D eigenvalue weighted by Crippen LogP contribution is 2.32. The Morgan fingerprint density at radius 1 is 0.727 bits per heavy atom. The van der Waals surface area contributed by atoms with Crippen LogP contribution in [-0.4, -0.2) is 56.1 Å². The summed E-state index contributed by atoms with van der Waals surface area (Å²) >= 11 is 0. The average Bonchev–Trinajstić information content (AvgIpc) is 2.51. The summed E-state index contributed by atoms with van der Waals surface area (Å²) in [6.45, 7) is 20.0. The van der Waals surface area contributed by atoms with Crippen molar-refractivity contribution in [1.82, 2.24) is 0 Å². The van der Waals surface area contributed by atoms with Gasteiger partial charge in [-0.2, -0.15) is 0 Å². The van der Waals surface area contributed by atoms with E-state index in [0.717, 1.165) is 0 Å². The van der Waals surface area contributed by atoms with Crippen LogP contribution in [0.1, 0.15) is 0 Å². The minimum atomic E-state index is -1.75. The maximum Gasteiger partial charge on any atom is 0.187 e. The topological polar surface area (TPSA) is 62.9 Å². The van der Waals surface area contributed by atoms with E-state index < -0.39 is 25.0 Å². The van der Waals surface area contributed by atoms with E-state index in [-0.39, 0.29) is 24.6 Å². The lowest BCUT2D eigenvalue weighted by atomic mass is 10.1. The van der Waals surface area contributed by atoms with Crippen LogP contribution in [0.15, 0.2) is 0 Å². The molecule has 0 spiro atoms. The average molecular weight is 366 g/mol. The van der Waals surface area contributed by atoms with Gasteiger partial charge in [0.1, 0.15) is 18.3 Å². The van der Waals surface area contributed by atoms with Crippen LogP contribution in [0.5, 0.6) is 0 Å². The summed E-state index contributed by atoms with van der Waals surface area (Å²) in [5.41, 5.74) is 5.92. The van der Waals surface area contributed by atoms with Crippen molar-refractivity contribution in [3.05, 3.63) is 0 Å². The molecule has 4 atom stereocenters.